The van der Waals surface area contributed by atoms with Gasteiger partial charge in [0, 0.05) is 48.1 Å². The lowest BCUT2D eigenvalue weighted by Crippen LogP contribution is -2.10. The smallest absolute Gasteiger partial charge is 0.306 e. The van der Waals surface area contributed by atoms with Crippen molar-refractivity contribution in [2.75, 3.05) is 6.26 Å². The topological polar surface area (TPSA) is 78.5 Å². The molecule has 9 heteroatoms. The Kier molecular flexibility index (Phi) is 4.85. The van der Waals surface area contributed by atoms with Crippen molar-refractivity contribution in [2.24, 2.45) is 7.05 Å². The number of para-hydroxylation sites is 1. The number of aromatic nitrogens is 4. The fourth-order valence-corrected chi connectivity index (χ4v) is 4.20. The molecule has 7 nitrogen and oxygen atoms in total. The van der Waals surface area contributed by atoms with Gasteiger partial charge in [0.15, 0.2) is 0 Å². The van der Waals surface area contributed by atoms with E-state index in [1.165, 1.54) is 6.07 Å². The molecule has 0 fully saturated rings. The van der Waals surface area contributed by atoms with E-state index < -0.39 is 10.1 Å². The number of benzene rings is 1. The summed E-state index contributed by atoms with van der Waals surface area (Å²) in [6.45, 7) is 3.79. The summed E-state index contributed by atoms with van der Waals surface area (Å²) in [5.74, 6) is -0.387. The average molecular weight is 428 g/mol. The number of rotatable bonds is 5. The third kappa shape index (κ3) is 3.68. The normalized spacial score (nSPS) is 13.0. The summed E-state index contributed by atoms with van der Waals surface area (Å²) >= 11 is 0. The quantitative estimate of drug-likeness (QED) is 0.453. The maximum atomic E-state index is 14.8. The summed E-state index contributed by atoms with van der Waals surface area (Å²) in [5, 5.41) is 4.12. The number of hydrogen-bond donors (Lipinski definition) is 0. The second kappa shape index (κ2) is 7.24. The Balaban J connectivity index is 1.88. The summed E-state index contributed by atoms with van der Waals surface area (Å²) in [6, 6.07) is 8.36. The highest BCUT2D eigenvalue weighted by atomic mass is 32.2. The number of hydrogen-bond acceptors (Lipinski definition) is 5. The summed E-state index contributed by atoms with van der Waals surface area (Å²) in [6.07, 6.45) is 6.06. The highest BCUT2D eigenvalue weighted by Gasteiger charge is 2.23. The van der Waals surface area contributed by atoms with Crippen LogP contribution in [0, 0.1) is 12.7 Å². The fourth-order valence-electron chi connectivity index (χ4n) is 3.72. The summed E-state index contributed by atoms with van der Waals surface area (Å²) in [7, 11) is -1.91. The lowest BCUT2D eigenvalue weighted by atomic mass is 9.95. The number of halogens is 1. The molecule has 0 amide bonds. The van der Waals surface area contributed by atoms with Crippen molar-refractivity contribution in [3.05, 3.63) is 71.7 Å². The van der Waals surface area contributed by atoms with E-state index in [4.69, 9.17) is 4.18 Å². The Hall–Kier alpha value is -3.20. The van der Waals surface area contributed by atoms with Crippen LogP contribution in [0.15, 0.2) is 48.9 Å². The van der Waals surface area contributed by atoms with E-state index in [9.17, 15) is 12.8 Å². The number of fused-ring (bicyclic) bond motifs is 1. The summed E-state index contributed by atoms with van der Waals surface area (Å²) < 4.78 is 46.8. The molecule has 30 heavy (non-hydrogen) atoms. The minimum atomic E-state index is -3.68. The van der Waals surface area contributed by atoms with Gasteiger partial charge in [-0.3, -0.25) is 4.68 Å². The number of nitrogens with zero attached hydrogens (tertiary/aromatic N) is 4. The van der Waals surface area contributed by atoms with Gasteiger partial charge in [0.2, 0.25) is 0 Å². The fraction of sp³-hybridized carbons (Fsp3) is 0.238. The molecule has 1 unspecified atom stereocenters. The van der Waals surface area contributed by atoms with Crippen LogP contribution in [-0.2, 0) is 17.2 Å². The van der Waals surface area contributed by atoms with Gasteiger partial charge in [0.05, 0.1) is 23.8 Å². The second-order valence-electron chi connectivity index (χ2n) is 7.30. The van der Waals surface area contributed by atoms with Gasteiger partial charge in [0.25, 0.3) is 0 Å². The average Bonchev–Trinajstić information content (AvgIpc) is 3.21. The monoisotopic (exact) mass is 428 g/mol. The van der Waals surface area contributed by atoms with E-state index in [-0.39, 0.29) is 17.5 Å². The first kappa shape index (κ1) is 20.1. The molecule has 0 spiro atoms. The van der Waals surface area contributed by atoms with Crippen molar-refractivity contribution >= 4 is 15.8 Å². The zero-order valence-electron chi connectivity index (χ0n) is 17.0. The van der Waals surface area contributed by atoms with Crippen molar-refractivity contribution < 1.29 is 17.0 Å². The SMILES string of the molecule is Cc1nc2cc(F)c(-c3cnn(C)c3)cn2c1C(C)c1ccccc1OS(C)(=O)=O. The predicted octanol–water partition coefficient (Wildman–Crippen LogP) is 3.67. The molecule has 1 atom stereocenters. The Morgan fingerprint density at radius 3 is 2.60 bits per heavy atom. The first-order valence-corrected chi connectivity index (χ1v) is 11.1. The van der Waals surface area contributed by atoms with Crippen LogP contribution in [0.4, 0.5) is 4.39 Å². The third-order valence-corrected chi connectivity index (χ3v) is 5.47. The van der Waals surface area contributed by atoms with Crippen molar-refractivity contribution in [1.82, 2.24) is 19.2 Å². The molecule has 0 N–H and O–H groups in total. The molecule has 3 aromatic heterocycles. The molecule has 0 saturated heterocycles. The number of aryl methyl sites for hydroxylation is 2. The van der Waals surface area contributed by atoms with Gasteiger partial charge in [-0.15, -0.1) is 0 Å². The maximum absolute atomic E-state index is 14.8. The minimum Gasteiger partial charge on any atom is -0.382 e. The molecule has 0 aliphatic heterocycles. The van der Waals surface area contributed by atoms with Crippen LogP contribution in [0.3, 0.4) is 0 Å². The molecular weight excluding hydrogens is 407 g/mol. The molecule has 3 heterocycles. The van der Waals surface area contributed by atoms with Gasteiger partial charge >= 0.3 is 10.1 Å². The Labute approximate surface area is 173 Å². The zero-order valence-corrected chi connectivity index (χ0v) is 17.8. The van der Waals surface area contributed by atoms with Crippen molar-refractivity contribution in [3.8, 4) is 16.9 Å². The Morgan fingerprint density at radius 1 is 1.20 bits per heavy atom. The van der Waals surface area contributed by atoms with E-state index in [1.54, 1.807) is 42.5 Å². The first-order valence-electron chi connectivity index (χ1n) is 9.29. The molecule has 0 radical (unpaired) electrons. The van der Waals surface area contributed by atoms with Gasteiger partial charge < -0.3 is 8.58 Å². The molecule has 0 bridgehead atoms. The molecule has 1 aromatic carbocycles. The molecule has 4 aromatic rings. The van der Waals surface area contributed by atoms with Gasteiger partial charge in [-0.1, -0.05) is 25.1 Å². The number of pyridine rings is 1. The third-order valence-electron chi connectivity index (χ3n) is 4.98. The first-order chi connectivity index (χ1) is 14.1. The summed E-state index contributed by atoms with van der Waals surface area (Å²) in [4.78, 5) is 4.51. The maximum Gasteiger partial charge on any atom is 0.306 e. The van der Waals surface area contributed by atoms with Crippen LogP contribution in [0.5, 0.6) is 5.75 Å². The van der Waals surface area contributed by atoms with E-state index in [0.717, 1.165) is 17.6 Å². The van der Waals surface area contributed by atoms with Crippen molar-refractivity contribution in [2.45, 2.75) is 19.8 Å². The Bertz CT molecular complexity index is 1360. The van der Waals surface area contributed by atoms with Crippen molar-refractivity contribution in [3.63, 3.8) is 0 Å². The summed E-state index contributed by atoms with van der Waals surface area (Å²) in [5.41, 5.74) is 3.77. The van der Waals surface area contributed by atoms with Crippen LogP contribution in [0.1, 0.15) is 29.8 Å². The number of imidazole rings is 1. The molecule has 0 aliphatic rings. The van der Waals surface area contributed by atoms with Crippen LogP contribution in [-0.4, -0.2) is 33.8 Å². The lowest BCUT2D eigenvalue weighted by molar-refractivity contribution is 0.488. The molecule has 0 saturated carbocycles. The zero-order chi connectivity index (χ0) is 21.6. The van der Waals surface area contributed by atoms with Gasteiger partial charge in [-0.25, -0.2) is 9.37 Å². The van der Waals surface area contributed by atoms with E-state index >= 15 is 0 Å². The molecule has 4 rings (SSSR count). The standard InChI is InChI=1S/C21H21FN4O3S/c1-13(16-7-5-6-8-19(16)29-30(4,27)28)21-14(2)24-20-9-18(22)17(12-26(20)21)15-10-23-25(3)11-15/h5-13H,1-4H3. The largest absolute Gasteiger partial charge is 0.382 e. The molecule has 0 aliphatic carbocycles. The molecular formula is C21H21FN4O3S. The van der Waals surface area contributed by atoms with Gasteiger partial charge in [-0.2, -0.15) is 13.5 Å². The lowest BCUT2D eigenvalue weighted by Gasteiger charge is -2.17. The van der Waals surface area contributed by atoms with Crippen molar-refractivity contribution in [1.29, 1.82) is 0 Å². The highest BCUT2D eigenvalue weighted by Crippen LogP contribution is 2.35. The van der Waals surface area contributed by atoms with E-state index in [0.29, 0.717) is 22.3 Å². The van der Waals surface area contributed by atoms with Gasteiger partial charge in [0.1, 0.15) is 17.2 Å². The van der Waals surface area contributed by atoms with Crippen LogP contribution in [0.25, 0.3) is 16.8 Å². The van der Waals surface area contributed by atoms with Crippen LogP contribution in [0.2, 0.25) is 0 Å². The van der Waals surface area contributed by atoms with Crippen LogP contribution < -0.4 is 4.18 Å². The van der Waals surface area contributed by atoms with Crippen LogP contribution >= 0.6 is 0 Å². The Morgan fingerprint density at radius 2 is 1.93 bits per heavy atom. The molecule has 156 valence electrons. The minimum absolute atomic E-state index is 0.259. The van der Waals surface area contributed by atoms with E-state index in [2.05, 4.69) is 10.1 Å². The van der Waals surface area contributed by atoms with Gasteiger partial charge in [-0.05, 0) is 13.0 Å². The second-order valence-corrected chi connectivity index (χ2v) is 8.87. The predicted molar refractivity (Wildman–Crippen MR) is 112 cm³/mol. The highest BCUT2D eigenvalue weighted by molar-refractivity contribution is 7.86. The van der Waals surface area contributed by atoms with E-state index in [1.807, 2.05) is 30.4 Å².